The van der Waals surface area contributed by atoms with E-state index >= 15 is 0 Å². The molecule has 4 rings (SSSR count). The molecule has 0 saturated heterocycles. The van der Waals surface area contributed by atoms with Crippen LogP contribution in [0.15, 0.2) is 40.8 Å². The molecule has 1 aromatic heterocycles. The second kappa shape index (κ2) is 6.38. The molecule has 24 heavy (non-hydrogen) atoms. The van der Waals surface area contributed by atoms with Gasteiger partial charge in [-0.1, -0.05) is 29.8 Å². The molecule has 2 saturated carbocycles. The third-order valence-electron chi connectivity index (χ3n) is 5.99. The number of furan rings is 1. The van der Waals surface area contributed by atoms with Crippen LogP contribution in [-0.2, 0) is 6.54 Å². The van der Waals surface area contributed by atoms with E-state index in [0.717, 1.165) is 48.3 Å². The molecule has 2 fully saturated rings. The number of fused-ring (bicyclic) bond motifs is 1. The molecule has 0 bridgehead atoms. The Balaban J connectivity index is 1.38. The van der Waals surface area contributed by atoms with Crippen LogP contribution in [0.5, 0.6) is 0 Å². The minimum absolute atomic E-state index is 0.0478. The number of benzene rings is 1. The zero-order chi connectivity index (χ0) is 16.7. The summed E-state index contributed by atoms with van der Waals surface area (Å²) in [5, 5.41) is 9.79. The molecule has 1 heterocycles. The number of aryl methyl sites for hydroxylation is 1. The van der Waals surface area contributed by atoms with Crippen molar-refractivity contribution < 1.29 is 9.52 Å². The average molecular weight is 325 g/mol. The molecule has 2 aliphatic carbocycles. The van der Waals surface area contributed by atoms with Gasteiger partial charge in [-0.2, -0.15) is 0 Å². The van der Waals surface area contributed by atoms with Gasteiger partial charge in [0.2, 0.25) is 0 Å². The van der Waals surface area contributed by atoms with Crippen LogP contribution in [0.25, 0.3) is 11.3 Å². The fourth-order valence-corrected chi connectivity index (χ4v) is 4.62. The number of aliphatic hydroxyl groups excluding tert-OH is 1. The first-order valence-corrected chi connectivity index (χ1v) is 9.12. The third-order valence-corrected chi connectivity index (χ3v) is 5.99. The van der Waals surface area contributed by atoms with Gasteiger partial charge in [-0.25, -0.2) is 0 Å². The summed E-state index contributed by atoms with van der Waals surface area (Å²) in [4.78, 5) is 2.43. The summed E-state index contributed by atoms with van der Waals surface area (Å²) in [7, 11) is 2.20. The lowest BCUT2D eigenvalue weighted by molar-refractivity contribution is 0.155. The van der Waals surface area contributed by atoms with Crippen molar-refractivity contribution in [3.05, 3.63) is 47.7 Å². The van der Waals surface area contributed by atoms with Crippen LogP contribution >= 0.6 is 0 Å². The van der Waals surface area contributed by atoms with Gasteiger partial charge in [0, 0.05) is 11.6 Å². The highest BCUT2D eigenvalue weighted by Crippen LogP contribution is 2.45. The van der Waals surface area contributed by atoms with Gasteiger partial charge in [-0.3, -0.25) is 4.90 Å². The van der Waals surface area contributed by atoms with E-state index in [0.29, 0.717) is 6.04 Å². The first-order chi connectivity index (χ1) is 11.6. The lowest BCUT2D eigenvalue weighted by Gasteiger charge is -2.24. The predicted molar refractivity (Wildman–Crippen MR) is 95.6 cm³/mol. The summed E-state index contributed by atoms with van der Waals surface area (Å²) in [5.74, 6) is 3.44. The maximum atomic E-state index is 9.79. The molecule has 128 valence electrons. The second-order valence-electron chi connectivity index (χ2n) is 7.82. The molecular formula is C21H27NO2. The molecule has 4 atom stereocenters. The van der Waals surface area contributed by atoms with Crippen molar-refractivity contribution in [1.29, 1.82) is 0 Å². The first kappa shape index (κ1) is 15.9. The Morgan fingerprint density at radius 2 is 1.67 bits per heavy atom. The van der Waals surface area contributed by atoms with Crippen LogP contribution in [0.1, 0.15) is 37.0 Å². The van der Waals surface area contributed by atoms with Crippen LogP contribution in [0.3, 0.4) is 0 Å². The predicted octanol–water partition coefficient (Wildman–Crippen LogP) is 4.24. The summed E-state index contributed by atoms with van der Waals surface area (Å²) >= 11 is 0. The Kier molecular flexibility index (Phi) is 4.23. The first-order valence-electron chi connectivity index (χ1n) is 9.12. The summed E-state index contributed by atoms with van der Waals surface area (Å²) in [6.07, 6.45) is 4.42. The SMILES string of the molecule is Cc1ccc(-c2ccc(CN(C)C3C[C@H]4CC(O)C[C@H]4C3)o2)cc1. The number of nitrogens with zero attached hydrogens (tertiary/aromatic N) is 1. The second-order valence-corrected chi connectivity index (χ2v) is 7.82. The van der Waals surface area contributed by atoms with Gasteiger partial charge in [0.25, 0.3) is 0 Å². The van der Waals surface area contributed by atoms with Crippen molar-refractivity contribution in [2.45, 2.75) is 51.3 Å². The fraction of sp³-hybridized carbons (Fsp3) is 0.524. The molecular weight excluding hydrogens is 298 g/mol. The minimum atomic E-state index is -0.0478. The highest BCUT2D eigenvalue weighted by molar-refractivity contribution is 5.57. The smallest absolute Gasteiger partial charge is 0.134 e. The maximum absolute atomic E-state index is 9.79. The molecule has 0 amide bonds. The van der Waals surface area contributed by atoms with Gasteiger partial charge in [0.05, 0.1) is 12.6 Å². The zero-order valence-corrected chi connectivity index (χ0v) is 14.6. The molecule has 3 nitrogen and oxygen atoms in total. The van der Waals surface area contributed by atoms with Gasteiger partial charge in [-0.05, 0) is 63.6 Å². The van der Waals surface area contributed by atoms with Crippen LogP contribution in [0.2, 0.25) is 0 Å². The van der Waals surface area contributed by atoms with Crippen LogP contribution in [0, 0.1) is 18.8 Å². The quantitative estimate of drug-likeness (QED) is 0.913. The Hall–Kier alpha value is -1.58. The maximum Gasteiger partial charge on any atom is 0.134 e. The third kappa shape index (κ3) is 3.15. The summed E-state index contributed by atoms with van der Waals surface area (Å²) in [5.41, 5.74) is 2.40. The topological polar surface area (TPSA) is 36.6 Å². The Morgan fingerprint density at radius 1 is 1.00 bits per heavy atom. The van der Waals surface area contributed by atoms with Gasteiger partial charge < -0.3 is 9.52 Å². The van der Waals surface area contributed by atoms with E-state index in [4.69, 9.17) is 4.42 Å². The lowest BCUT2D eigenvalue weighted by atomic mass is 10.0. The fourth-order valence-electron chi connectivity index (χ4n) is 4.62. The molecule has 0 radical (unpaired) electrons. The number of aliphatic hydroxyl groups is 1. The van der Waals surface area contributed by atoms with Crippen molar-refractivity contribution in [1.82, 2.24) is 4.90 Å². The Morgan fingerprint density at radius 3 is 2.33 bits per heavy atom. The molecule has 2 aliphatic rings. The summed E-state index contributed by atoms with van der Waals surface area (Å²) < 4.78 is 6.07. The molecule has 2 aromatic rings. The van der Waals surface area contributed by atoms with Gasteiger partial charge in [0.1, 0.15) is 11.5 Å². The van der Waals surface area contributed by atoms with Crippen molar-refractivity contribution in [3.8, 4) is 11.3 Å². The van der Waals surface area contributed by atoms with E-state index in [1.165, 1.54) is 18.4 Å². The van der Waals surface area contributed by atoms with Crippen molar-refractivity contribution in [2.75, 3.05) is 7.05 Å². The normalized spacial score (nSPS) is 29.3. The van der Waals surface area contributed by atoms with E-state index in [1.807, 2.05) is 0 Å². The van der Waals surface area contributed by atoms with Crippen LogP contribution in [0.4, 0.5) is 0 Å². The standard InChI is InChI=1S/C21H27NO2/c1-14-3-5-15(6-4-14)21-8-7-20(24-21)13-22(2)18-9-16-11-19(23)12-17(16)10-18/h3-8,16-19,23H,9-13H2,1-2H3/t16-,17+,18?,19?. The van der Waals surface area contributed by atoms with Crippen LogP contribution in [-0.4, -0.2) is 29.2 Å². The Bertz CT molecular complexity index is 676. The number of hydrogen-bond donors (Lipinski definition) is 1. The van der Waals surface area contributed by atoms with E-state index in [9.17, 15) is 5.11 Å². The van der Waals surface area contributed by atoms with E-state index in [2.05, 4.69) is 55.3 Å². The Labute approximate surface area is 144 Å². The molecule has 1 aromatic carbocycles. The lowest BCUT2D eigenvalue weighted by Crippen LogP contribution is -2.29. The van der Waals surface area contributed by atoms with Gasteiger partial charge >= 0.3 is 0 Å². The number of rotatable bonds is 4. The minimum Gasteiger partial charge on any atom is -0.460 e. The van der Waals surface area contributed by atoms with Crippen molar-refractivity contribution in [3.63, 3.8) is 0 Å². The molecule has 0 aliphatic heterocycles. The van der Waals surface area contributed by atoms with Crippen molar-refractivity contribution in [2.24, 2.45) is 11.8 Å². The van der Waals surface area contributed by atoms with E-state index in [-0.39, 0.29) is 6.10 Å². The molecule has 1 N–H and O–H groups in total. The highest BCUT2D eigenvalue weighted by Gasteiger charge is 2.42. The summed E-state index contributed by atoms with van der Waals surface area (Å²) in [6.45, 7) is 2.96. The highest BCUT2D eigenvalue weighted by atomic mass is 16.3. The van der Waals surface area contributed by atoms with Crippen molar-refractivity contribution >= 4 is 0 Å². The molecule has 3 heteroatoms. The van der Waals surface area contributed by atoms with E-state index < -0.39 is 0 Å². The number of hydrogen-bond acceptors (Lipinski definition) is 3. The zero-order valence-electron chi connectivity index (χ0n) is 14.6. The monoisotopic (exact) mass is 325 g/mol. The van der Waals surface area contributed by atoms with E-state index in [1.54, 1.807) is 0 Å². The summed E-state index contributed by atoms with van der Waals surface area (Å²) in [6, 6.07) is 13.3. The van der Waals surface area contributed by atoms with Gasteiger partial charge in [-0.15, -0.1) is 0 Å². The average Bonchev–Trinajstić information content (AvgIpc) is 3.22. The largest absolute Gasteiger partial charge is 0.460 e. The molecule has 2 unspecified atom stereocenters. The molecule has 0 spiro atoms. The van der Waals surface area contributed by atoms with Gasteiger partial charge in [0.15, 0.2) is 0 Å². The van der Waals surface area contributed by atoms with Crippen LogP contribution < -0.4 is 0 Å².